The lowest BCUT2D eigenvalue weighted by Gasteiger charge is -2.22. The van der Waals surface area contributed by atoms with E-state index in [1.54, 1.807) is 12.1 Å². The SMILES string of the molecule is C[C@H]1Cc2ccccc2N1C(=O)CSc1nnc(-c2cccc(F)c2)o1. The average Bonchev–Trinajstić information content (AvgIpc) is 3.23. The van der Waals surface area contributed by atoms with Crippen LogP contribution in [0.4, 0.5) is 10.1 Å². The van der Waals surface area contributed by atoms with Crippen LogP contribution in [-0.2, 0) is 11.2 Å². The maximum absolute atomic E-state index is 13.3. The van der Waals surface area contributed by atoms with Gasteiger partial charge >= 0.3 is 0 Å². The first-order valence-electron chi connectivity index (χ1n) is 8.24. The fourth-order valence-electron chi connectivity index (χ4n) is 3.14. The Morgan fingerprint density at radius 3 is 2.96 bits per heavy atom. The van der Waals surface area contributed by atoms with E-state index in [9.17, 15) is 9.18 Å². The van der Waals surface area contributed by atoms with E-state index in [2.05, 4.69) is 16.3 Å². The molecule has 1 aliphatic rings. The van der Waals surface area contributed by atoms with Gasteiger partial charge in [0.2, 0.25) is 11.8 Å². The third kappa shape index (κ3) is 3.22. The zero-order valence-electron chi connectivity index (χ0n) is 14.1. The van der Waals surface area contributed by atoms with Crippen LogP contribution in [0.5, 0.6) is 0 Å². The van der Waals surface area contributed by atoms with Crippen LogP contribution in [0.3, 0.4) is 0 Å². The molecule has 0 radical (unpaired) electrons. The smallest absolute Gasteiger partial charge is 0.277 e. The third-order valence-electron chi connectivity index (χ3n) is 4.27. The molecule has 1 aliphatic heterocycles. The Morgan fingerprint density at radius 2 is 2.12 bits per heavy atom. The van der Waals surface area contributed by atoms with Gasteiger partial charge in [0.25, 0.3) is 5.22 Å². The Kier molecular flexibility index (Phi) is 4.46. The fraction of sp³-hybridized carbons (Fsp3) is 0.211. The lowest BCUT2D eigenvalue weighted by Crippen LogP contribution is -2.36. The second-order valence-electron chi connectivity index (χ2n) is 6.12. The molecule has 26 heavy (non-hydrogen) atoms. The molecule has 7 heteroatoms. The summed E-state index contributed by atoms with van der Waals surface area (Å²) in [6.07, 6.45) is 0.858. The lowest BCUT2D eigenvalue weighted by molar-refractivity contribution is -0.116. The minimum absolute atomic E-state index is 0.00189. The fourth-order valence-corrected chi connectivity index (χ4v) is 3.77. The van der Waals surface area contributed by atoms with Crippen molar-refractivity contribution in [2.24, 2.45) is 0 Å². The number of aromatic nitrogens is 2. The Morgan fingerprint density at radius 1 is 1.27 bits per heavy atom. The molecule has 4 rings (SSSR count). The van der Waals surface area contributed by atoms with Gasteiger partial charge in [-0.3, -0.25) is 4.79 Å². The summed E-state index contributed by atoms with van der Waals surface area (Å²) in [4.78, 5) is 14.5. The molecule has 0 spiro atoms. The van der Waals surface area contributed by atoms with Crippen molar-refractivity contribution in [1.82, 2.24) is 10.2 Å². The van der Waals surface area contributed by atoms with E-state index >= 15 is 0 Å². The molecule has 0 fully saturated rings. The Hall–Kier alpha value is -2.67. The number of carbonyl (C=O) groups is 1. The van der Waals surface area contributed by atoms with Crippen LogP contribution in [0, 0.1) is 5.82 Å². The molecule has 2 heterocycles. The summed E-state index contributed by atoms with van der Waals surface area (Å²) in [6, 6.07) is 14.0. The van der Waals surface area contributed by atoms with Gasteiger partial charge in [-0.15, -0.1) is 10.2 Å². The molecule has 1 amide bonds. The topological polar surface area (TPSA) is 59.2 Å². The molecular weight excluding hydrogens is 353 g/mol. The highest BCUT2D eigenvalue weighted by Crippen LogP contribution is 2.33. The first-order chi connectivity index (χ1) is 12.6. The van der Waals surface area contributed by atoms with Crippen LogP contribution in [0.25, 0.3) is 11.5 Å². The van der Waals surface area contributed by atoms with Crippen molar-refractivity contribution in [3.8, 4) is 11.5 Å². The number of nitrogens with zero attached hydrogens (tertiary/aromatic N) is 3. The Balaban J connectivity index is 1.44. The summed E-state index contributed by atoms with van der Waals surface area (Å²) in [5.74, 6) is 0.0627. The van der Waals surface area contributed by atoms with Crippen molar-refractivity contribution in [2.45, 2.75) is 24.6 Å². The van der Waals surface area contributed by atoms with Gasteiger partial charge < -0.3 is 9.32 Å². The number of fused-ring (bicyclic) bond motifs is 1. The number of rotatable bonds is 4. The third-order valence-corrected chi connectivity index (χ3v) is 5.08. The number of hydrogen-bond donors (Lipinski definition) is 0. The van der Waals surface area contributed by atoms with Crippen molar-refractivity contribution in [2.75, 3.05) is 10.7 Å². The molecule has 0 saturated heterocycles. The summed E-state index contributed by atoms with van der Waals surface area (Å²) in [5.41, 5.74) is 2.67. The van der Waals surface area contributed by atoms with Crippen molar-refractivity contribution in [3.05, 3.63) is 59.9 Å². The molecule has 0 aliphatic carbocycles. The largest absolute Gasteiger partial charge is 0.411 e. The number of halogens is 1. The highest BCUT2D eigenvalue weighted by atomic mass is 32.2. The standard InChI is InChI=1S/C19H16FN3O2S/c1-12-9-13-5-2-3-8-16(13)23(12)17(24)11-26-19-22-21-18(25-19)14-6-4-7-15(20)10-14/h2-8,10,12H,9,11H2,1H3/t12-/m0/s1. The highest BCUT2D eigenvalue weighted by molar-refractivity contribution is 7.99. The van der Waals surface area contributed by atoms with Crippen molar-refractivity contribution in [3.63, 3.8) is 0 Å². The first kappa shape index (κ1) is 16.8. The molecule has 5 nitrogen and oxygen atoms in total. The summed E-state index contributed by atoms with van der Waals surface area (Å²) in [5, 5.41) is 8.15. The molecule has 1 aromatic heterocycles. The van der Waals surface area contributed by atoms with Crippen LogP contribution in [0.2, 0.25) is 0 Å². The van der Waals surface area contributed by atoms with E-state index in [1.165, 1.54) is 29.5 Å². The Bertz CT molecular complexity index is 959. The summed E-state index contributed by atoms with van der Waals surface area (Å²) >= 11 is 1.19. The summed E-state index contributed by atoms with van der Waals surface area (Å²) < 4.78 is 18.8. The van der Waals surface area contributed by atoms with E-state index in [1.807, 2.05) is 30.0 Å². The van der Waals surface area contributed by atoms with Gasteiger partial charge in [0, 0.05) is 17.3 Å². The van der Waals surface area contributed by atoms with E-state index in [0.717, 1.165) is 12.1 Å². The van der Waals surface area contributed by atoms with E-state index in [0.29, 0.717) is 5.56 Å². The normalized spacial score (nSPS) is 15.9. The second-order valence-corrected chi connectivity index (χ2v) is 7.04. The minimum atomic E-state index is -0.369. The minimum Gasteiger partial charge on any atom is -0.411 e. The number of anilines is 1. The summed E-state index contributed by atoms with van der Waals surface area (Å²) in [6.45, 7) is 2.04. The Labute approximate surface area is 154 Å². The van der Waals surface area contributed by atoms with Crippen LogP contribution in [-0.4, -0.2) is 27.9 Å². The van der Waals surface area contributed by atoms with Crippen LogP contribution < -0.4 is 4.90 Å². The van der Waals surface area contributed by atoms with Gasteiger partial charge in [0.05, 0.1) is 5.75 Å². The van der Waals surface area contributed by atoms with Crippen LogP contribution in [0.15, 0.2) is 58.2 Å². The molecule has 2 aromatic carbocycles. The van der Waals surface area contributed by atoms with E-state index < -0.39 is 0 Å². The van der Waals surface area contributed by atoms with Crippen LogP contribution >= 0.6 is 11.8 Å². The highest BCUT2D eigenvalue weighted by Gasteiger charge is 2.30. The molecule has 1 atom stereocenters. The second kappa shape index (κ2) is 6.92. The average molecular weight is 369 g/mol. The molecule has 0 bridgehead atoms. The predicted molar refractivity (Wildman–Crippen MR) is 97.5 cm³/mol. The molecule has 132 valence electrons. The van der Waals surface area contributed by atoms with Gasteiger partial charge in [-0.2, -0.15) is 0 Å². The molecule has 0 saturated carbocycles. The van der Waals surface area contributed by atoms with E-state index in [4.69, 9.17) is 4.42 Å². The van der Waals surface area contributed by atoms with Gasteiger partial charge in [-0.25, -0.2) is 4.39 Å². The molecule has 0 N–H and O–H groups in total. The molecule has 0 unspecified atom stereocenters. The van der Waals surface area contributed by atoms with Gasteiger partial charge in [-0.1, -0.05) is 36.0 Å². The monoisotopic (exact) mass is 369 g/mol. The molecular formula is C19H16FN3O2S. The lowest BCUT2D eigenvalue weighted by atomic mass is 10.1. The number of para-hydroxylation sites is 1. The number of carbonyl (C=O) groups excluding carboxylic acids is 1. The van der Waals surface area contributed by atoms with Crippen molar-refractivity contribution >= 4 is 23.4 Å². The summed E-state index contributed by atoms with van der Waals surface area (Å²) in [7, 11) is 0. The quantitative estimate of drug-likeness (QED) is 0.652. The van der Waals surface area contributed by atoms with Gasteiger partial charge in [0.15, 0.2) is 0 Å². The number of benzene rings is 2. The zero-order chi connectivity index (χ0) is 18.1. The maximum Gasteiger partial charge on any atom is 0.277 e. The number of thioether (sulfide) groups is 1. The van der Waals surface area contributed by atoms with Crippen LogP contribution in [0.1, 0.15) is 12.5 Å². The molecule has 3 aromatic rings. The maximum atomic E-state index is 13.3. The van der Waals surface area contributed by atoms with Gasteiger partial charge in [0.1, 0.15) is 5.82 Å². The predicted octanol–water partition coefficient (Wildman–Crippen LogP) is 3.95. The van der Waals surface area contributed by atoms with Gasteiger partial charge in [-0.05, 0) is 43.2 Å². The van der Waals surface area contributed by atoms with Crippen molar-refractivity contribution < 1.29 is 13.6 Å². The number of amides is 1. The number of hydrogen-bond acceptors (Lipinski definition) is 5. The zero-order valence-corrected chi connectivity index (χ0v) is 14.9. The van der Waals surface area contributed by atoms with Crippen molar-refractivity contribution in [1.29, 1.82) is 0 Å². The van der Waals surface area contributed by atoms with E-state index in [-0.39, 0.29) is 34.6 Å². The first-order valence-corrected chi connectivity index (χ1v) is 9.22.